The molecule has 0 unspecified atom stereocenters. The average molecular weight is 260 g/mol. The van der Waals surface area contributed by atoms with Gasteiger partial charge in [-0.1, -0.05) is 0 Å². The Labute approximate surface area is 113 Å². The zero-order valence-electron chi connectivity index (χ0n) is 11.4. The van der Waals surface area contributed by atoms with Gasteiger partial charge in [-0.2, -0.15) is 0 Å². The van der Waals surface area contributed by atoms with Gasteiger partial charge in [-0.15, -0.1) is 0 Å². The van der Waals surface area contributed by atoms with Crippen LogP contribution >= 0.6 is 0 Å². The number of hydrogen-bond acceptors (Lipinski definition) is 4. The van der Waals surface area contributed by atoms with Crippen LogP contribution in [0.1, 0.15) is 31.0 Å². The maximum atomic E-state index is 11.3. The molecule has 3 rings (SSSR count). The standard InChI is InChI=1S/C14H20N4O/c1-11(19)17-6-8-18(9-7-17)14-15-10-12-4-2-3-5-13(12)16-14/h10H,2-9H2,1H3. The van der Waals surface area contributed by atoms with Crippen molar-refractivity contribution < 1.29 is 4.79 Å². The molecule has 0 N–H and O–H groups in total. The number of piperazine rings is 1. The van der Waals surface area contributed by atoms with Crippen LogP contribution in [0.25, 0.3) is 0 Å². The predicted molar refractivity (Wildman–Crippen MR) is 73.1 cm³/mol. The minimum absolute atomic E-state index is 0.158. The first-order chi connectivity index (χ1) is 9.24. The van der Waals surface area contributed by atoms with Crippen LogP contribution in [-0.2, 0) is 17.6 Å². The fraction of sp³-hybridized carbons (Fsp3) is 0.643. The van der Waals surface area contributed by atoms with Crippen LogP contribution in [0.3, 0.4) is 0 Å². The third-order valence-electron chi connectivity index (χ3n) is 4.06. The Bertz CT molecular complexity index is 480. The van der Waals surface area contributed by atoms with E-state index in [-0.39, 0.29) is 5.91 Å². The lowest BCUT2D eigenvalue weighted by Gasteiger charge is -2.34. The van der Waals surface area contributed by atoms with Crippen molar-refractivity contribution in [2.24, 2.45) is 0 Å². The summed E-state index contributed by atoms with van der Waals surface area (Å²) in [6.07, 6.45) is 6.69. The lowest BCUT2D eigenvalue weighted by molar-refractivity contribution is -0.129. The molecule has 2 heterocycles. The van der Waals surface area contributed by atoms with E-state index in [1.54, 1.807) is 6.92 Å². The second kappa shape index (κ2) is 5.15. The quantitative estimate of drug-likeness (QED) is 0.756. The maximum Gasteiger partial charge on any atom is 0.225 e. The van der Waals surface area contributed by atoms with E-state index in [4.69, 9.17) is 4.98 Å². The molecule has 0 saturated carbocycles. The molecule has 2 aliphatic rings. The lowest BCUT2D eigenvalue weighted by atomic mass is 9.98. The van der Waals surface area contributed by atoms with E-state index >= 15 is 0 Å². The Morgan fingerprint density at radius 1 is 1.16 bits per heavy atom. The molecule has 5 nitrogen and oxygen atoms in total. The summed E-state index contributed by atoms with van der Waals surface area (Å²) < 4.78 is 0. The second-order valence-corrected chi connectivity index (χ2v) is 5.34. The number of carbonyl (C=O) groups is 1. The third kappa shape index (κ3) is 2.55. The van der Waals surface area contributed by atoms with Crippen molar-refractivity contribution >= 4 is 11.9 Å². The van der Waals surface area contributed by atoms with Gasteiger partial charge in [0.1, 0.15) is 0 Å². The first kappa shape index (κ1) is 12.4. The Morgan fingerprint density at radius 3 is 2.63 bits per heavy atom. The van der Waals surface area contributed by atoms with Gasteiger partial charge in [-0.05, 0) is 31.2 Å². The highest BCUT2D eigenvalue weighted by atomic mass is 16.2. The number of nitrogens with zero attached hydrogens (tertiary/aromatic N) is 4. The first-order valence-electron chi connectivity index (χ1n) is 7.09. The van der Waals surface area contributed by atoms with Gasteiger partial charge in [0.05, 0.1) is 0 Å². The van der Waals surface area contributed by atoms with E-state index in [1.807, 2.05) is 11.1 Å². The largest absolute Gasteiger partial charge is 0.339 e. The van der Waals surface area contributed by atoms with Crippen LogP contribution in [0.2, 0.25) is 0 Å². The van der Waals surface area contributed by atoms with Crippen molar-refractivity contribution in [3.05, 3.63) is 17.5 Å². The molecule has 1 aromatic heterocycles. The first-order valence-corrected chi connectivity index (χ1v) is 7.09. The molecule has 1 fully saturated rings. The molecule has 19 heavy (non-hydrogen) atoms. The Balaban J connectivity index is 1.71. The van der Waals surface area contributed by atoms with Crippen molar-refractivity contribution in [1.82, 2.24) is 14.9 Å². The monoisotopic (exact) mass is 260 g/mol. The third-order valence-corrected chi connectivity index (χ3v) is 4.06. The number of fused-ring (bicyclic) bond motifs is 1. The molecule has 5 heteroatoms. The molecule has 1 amide bonds. The number of rotatable bonds is 1. The predicted octanol–water partition coefficient (Wildman–Crippen LogP) is 1.02. The number of amides is 1. The van der Waals surface area contributed by atoms with E-state index < -0.39 is 0 Å². The summed E-state index contributed by atoms with van der Waals surface area (Å²) in [5, 5.41) is 0. The number of hydrogen-bond donors (Lipinski definition) is 0. The summed E-state index contributed by atoms with van der Waals surface area (Å²) in [5.41, 5.74) is 2.54. The van der Waals surface area contributed by atoms with Crippen molar-refractivity contribution in [2.75, 3.05) is 31.1 Å². The molecule has 0 atom stereocenters. The van der Waals surface area contributed by atoms with Gasteiger partial charge in [0.15, 0.2) is 0 Å². The Kier molecular flexibility index (Phi) is 3.36. The fourth-order valence-corrected chi connectivity index (χ4v) is 2.84. The van der Waals surface area contributed by atoms with Gasteiger partial charge < -0.3 is 9.80 Å². The Morgan fingerprint density at radius 2 is 1.89 bits per heavy atom. The Hall–Kier alpha value is -1.65. The molecule has 1 saturated heterocycles. The zero-order chi connectivity index (χ0) is 13.2. The lowest BCUT2D eigenvalue weighted by Crippen LogP contribution is -2.48. The number of anilines is 1. The smallest absolute Gasteiger partial charge is 0.225 e. The fourth-order valence-electron chi connectivity index (χ4n) is 2.84. The van der Waals surface area contributed by atoms with E-state index in [9.17, 15) is 4.79 Å². The molecule has 0 spiro atoms. The van der Waals surface area contributed by atoms with E-state index in [0.717, 1.165) is 45.0 Å². The molecular formula is C14H20N4O. The van der Waals surface area contributed by atoms with Gasteiger partial charge in [0, 0.05) is 45.0 Å². The van der Waals surface area contributed by atoms with Gasteiger partial charge in [0.25, 0.3) is 0 Å². The molecule has 102 valence electrons. The summed E-state index contributed by atoms with van der Waals surface area (Å²) in [5.74, 6) is 0.995. The highest BCUT2D eigenvalue weighted by Crippen LogP contribution is 2.21. The van der Waals surface area contributed by atoms with Crippen molar-refractivity contribution in [2.45, 2.75) is 32.6 Å². The van der Waals surface area contributed by atoms with Gasteiger partial charge in [0.2, 0.25) is 11.9 Å². The average Bonchev–Trinajstić information content (AvgIpc) is 2.47. The molecule has 1 aromatic rings. The summed E-state index contributed by atoms with van der Waals surface area (Å²) in [4.78, 5) is 24.6. The summed E-state index contributed by atoms with van der Waals surface area (Å²) in [7, 11) is 0. The van der Waals surface area contributed by atoms with Crippen molar-refractivity contribution in [1.29, 1.82) is 0 Å². The van der Waals surface area contributed by atoms with Crippen molar-refractivity contribution in [3.63, 3.8) is 0 Å². The summed E-state index contributed by atoms with van der Waals surface area (Å²) >= 11 is 0. The maximum absolute atomic E-state index is 11.3. The molecule has 0 aromatic carbocycles. The SMILES string of the molecule is CC(=O)N1CCN(c2ncc3c(n2)CCCC3)CC1. The number of aryl methyl sites for hydroxylation is 2. The van der Waals surface area contributed by atoms with E-state index in [2.05, 4.69) is 9.88 Å². The van der Waals surface area contributed by atoms with Crippen LogP contribution in [0.15, 0.2) is 6.20 Å². The molecule has 0 radical (unpaired) electrons. The topological polar surface area (TPSA) is 49.3 Å². The van der Waals surface area contributed by atoms with E-state index in [1.165, 1.54) is 24.1 Å². The van der Waals surface area contributed by atoms with Crippen LogP contribution in [0.4, 0.5) is 5.95 Å². The van der Waals surface area contributed by atoms with Crippen LogP contribution < -0.4 is 4.90 Å². The van der Waals surface area contributed by atoms with Crippen molar-refractivity contribution in [3.8, 4) is 0 Å². The van der Waals surface area contributed by atoms with Gasteiger partial charge >= 0.3 is 0 Å². The zero-order valence-corrected chi connectivity index (χ0v) is 11.4. The minimum Gasteiger partial charge on any atom is -0.339 e. The molecular weight excluding hydrogens is 240 g/mol. The minimum atomic E-state index is 0.158. The normalized spacial score (nSPS) is 19.2. The van der Waals surface area contributed by atoms with Gasteiger partial charge in [-0.3, -0.25) is 4.79 Å². The highest BCUT2D eigenvalue weighted by Gasteiger charge is 2.21. The highest BCUT2D eigenvalue weighted by molar-refractivity contribution is 5.73. The molecule has 1 aliphatic heterocycles. The van der Waals surface area contributed by atoms with E-state index in [0.29, 0.717) is 0 Å². The van der Waals surface area contributed by atoms with Crippen LogP contribution in [-0.4, -0.2) is 47.0 Å². The van der Waals surface area contributed by atoms with Crippen LogP contribution in [0.5, 0.6) is 0 Å². The summed E-state index contributed by atoms with van der Waals surface area (Å²) in [6, 6.07) is 0. The molecule has 0 bridgehead atoms. The summed E-state index contributed by atoms with van der Waals surface area (Å²) in [6.45, 7) is 4.84. The second-order valence-electron chi connectivity index (χ2n) is 5.34. The number of aromatic nitrogens is 2. The van der Waals surface area contributed by atoms with Gasteiger partial charge in [-0.25, -0.2) is 9.97 Å². The molecule has 1 aliphatic carbocycles. The number of carbonyl (C=O) groups excluding carboxylic acids is 1. The van der Waals surface area contributed by atoms with Crippen LogP contribution in [0, 0.1) is 0 Å².